The van der Waals surface area contributed by atoms with Gasteiger partial charge in [-0.3, -0.25) is 9.69 Å². The molecule has 0 radical (unpaired) electrons. The third-order valence-electron chi connectivity index (χ3n) is 4.93. The van der Waals surface area contributed by atoms with Crippen LogP contribution in [0.1, 0.15) is 29.7 Å². The van der Waals surface area contributed by atoms with Gasteiger partial charge in [-0.1, -0.05) is 36.4 Å². The molecule has 0 aliphatic rings. The summed E-state index contributed by atoms with van der Waals surface area (Å²) in [4.78, 5) is 16.6. The predicted molar refractivity (Wildman–Crippen MR) is 108 cm³/mol. The normalized spacial score (nSPS) is 12.8. The van der Waals surface area contributed by atoms with Crippen molar-refractivity contribution in [2.75, 3.05) is 26.9 Å². The number of aryl methyl sites for hydroxylation is 1. The molecule has 27 heavy (non-hydrogen) atoms. The van der Waals surface area contributed by atoms with Crippen LogP contribution in [0.2, 0.25) is 0 Å². The first kappa shape index (κ1) is 21.1. The highest BCUT2D eigenvalue weighted by atomic mass is 32.2. The van der Waals surface area contributed by atoms with Crippen molar-refractivity contribution in [1.29, 1.82) is 0 Å². The lowest BCUT2D eigenvalue weighted by atomic mass is 10.1. The van der Waals surface area contributed by atoms with Crippen molar-refractivity contribution in [2.24, 2.45) is 0 Å². The second-order valence-electron chi connectivity index (χ2n) is 7.11. The Morgan fingerprint density at radius 1 is 1.04 bits per heavy atom. The van der Waals surface area contributed by atoms with E-state index in [-0.39, 0.29) is 18.5 Å². The molecule has 0 N–H and O–H groups in total. The van der Waals surface area contributed by atoms with Crippen LogP contribution in [0.5, 0.6) is 0 Å². The molecule has 0 aromatic heterocycles. The van der Waals surface area contributed by atoms with Gasteiger partial charge in [-0.15, -0.1) is 0 Å². The van der Waals surface area contributed by atoms with E-state index in [4.69, 9.17) is 0 Å². The van der Waals surface area contributed by atoms with Gasteiger partial charge in [-0.2, -0.15) is 0 Å². The number of carbonyl (C=O) groups excluding carboxylic acids is 1. The largest absolute Gasteiger partial charge is 0.340 e. The molecule has 0 saturated heterocycles. The van der Waals surface area contributed by atoms with Crippen molar-refractivity contribution in [2.45, 2.75) is 31.3 Å². The van der Waals surface area contributed by atoms with Crippen LogP contribution in [0.4, 0.5) is 0 Å². The SMILES string of the molecule is Cc1ccccc1CN(C)C(=O)CN(C)C(C)c1ccc(S(C)(=O)=O)cc1. The van der Waals surface area contributed by atoms with E-state index in [2.05, 4.69) is 0 Å². The molecule has 2 rings (SSSR count). The van der Waals surface area contributed by atoms with Crippen molar-refractivity contribution in [3.8, 4) is 0 Å². The first-order valence-electron chi connectivity index (χ1n) is 8.88. The van der Waals surface area contributed by atoms with E-state index in [1.807, 2.05) is 57.1 Å². The smallest absolute Gasteiger partial charge is 0.236 e. The highest BCUT2D eigenvalue weighted by Crippen LogP contribution is 2.21. The number of benzene rings is 2. The van der Waals surface area contributed by atoms with Crippen LogP contribution >= 0.6 is 0 Å². The third kappa shape index (κ3) is 5.65. The van der Waals surface area contributed by atoms with Gasteiger partial charge in [0.2, 0.25) is 5.91 Å². The molecule has 0 heterocycles. The third-order valence-corrected chi connectivity index (χ3v) is 6.06. The van der Waals surface area contributed by atoms with Crippen LogP contribution in [0.15, 0.2) is 53.4 Å². The Hall–Kier alpha value is -2.18. The number of rotatable bonds is 7. The average Bonchev–Trinajstić information content (AvgIpc) is 2.62. The van der Waals surface area contributed by atoms with Gasteiger partial charge in [-0.25, -0.2) is 8.42 Å². The molecule has 2 aromatic rings. The minimum Gasteiger partial charge on any atom is -0.340 e. The summed E-state index contributed by atoms with van der Waals surface area (Å²) in [6, 6.07) is 14.9. The van der Waals surface area contributed by atoms with Crippen LogP contribution < -0.4 is 0 Å². The van der Waals surface area contributed by atoms with E-state index in [0.717, 1.165) is 11.1 Å². The molecule has 1 amide bonds. The second kappa shape index (κ2) is 8.67. The number of nitrogens with zero attached hydrogens (tertiary/aromatic N) is 2. The van der Waals surface area contributed by atoms with Crippen LogP contribution in [-0.2, 0) is 21.2 Å². The molecule has 5 nitrogen and oxygen atoms in total. The van der Waals surface area contributed by atoms with E-state index < -0.39 is 9.84 Å². The van der Waals surface area contributed by atoms with E-state index in [0.29, 0.717) is 11.4 Å². The molecule has 146 valence electrons. The van der Waals surface area contributed by atoms with Crippen LogP contribution in [0, 0.1) is 6.92 Å². The highest BCUT2D eigenvalue weighted by Gasteiger charge is 2.18. The van der Waals surface area contributed by atoms with E-state index in [1.165, 1.54) is 11.8 Å². The molecule has 0 fully saturated rings. The van der Waals surface area contributed by atoms with Gasteiger partial charge in [0.05, 0.1) is 11.4 Å². The molecular weight excluding hydrogens is 360 g/mol. The van der Waals surface area contributed by atoms with E-state index in [1.54, 1.807) is 29.2 Å². The zero-order valence-corrected chi connectivity index (χ0v) is 17.5. The maximum absolute atomic E-state index is 12.6. The highest BCUT2D eigenvalue weighted by molar-refractivity contribution is 7.90. The van der Waals surface area contributed by atoms with Gasteiger partial charge in [0, 0.05) is 25.9 Å². The number of likely N-dealkylation sites (N-methyl/N-ethyl adjacent to an activating group) is 2. The van der Waals surface area contributed by atoms with Crippen molar-refractivity contribution >= 4 is 15.7 Å². The molecule has 0 aliphatic heterocycles. The van der Waals surface area contributed by atoms with Crippen molar-refractivity contribution < 1.29 is 13.2 Å². The lowest BCUT2D eigenvalue weighted by molar-refractivity contribution is -0.131. The fourth-order valence-electron chi connectivity index (χ4n) is 2.85. The molecule has 0 saturated carbocycles. The molecule has 6 heteroatoms. The minimum absolute atomic E-state index is 0.00517. The summed E-state index contributed by atoms with van der Waals surface area (Å²) in [6.07, 6.45) is 1.19. The monoisotopic (exact) mass is 388 g/mol. The first-order valence-corrected chi connectivity index (χ1v) is 10.8. The van der Waals surface area contributed by atoms with Crippen molar-refractivity contribution in [1.82, 2.24) is 9.80 Å². The van der Waals surface area contributed by atoms with Gasteiger partial charge in [0.15, 0.2) is 9.84 Å². The maximum Gasteiger partial charge on any atom is 0.236 e. The van der Waals surface area contributed by atoms with Crippen LogP contribution in [-0.4, -0.2) is 51.0 Å². The second-order valence-corrected chi connectivity index (χ2v) is 9.12. The fourth-order valence-corrected chi connectivity index (χ4v) is 3.48. The predicted octanol–water partition coefficient (Wildman–Crippen LogP) is 3.05. The zero-order chi connectivity index (χ0) is 20.2. The van der Waals surface area contributed by atoms with Crippen molar-refractivity contribution in [3.05, 3.63) is 65.2 Å². The standard InChI is InChI=1S/C21H28N2O3S/c1-16-8-6-7-9-19(16)14-23(4)21(24)15-22(3)17(2)18-10-12-20(13-11-18)27(5,25)26/h6-13,17H,14-15H2,1-5H3. The molecule has 0 aliphatic carbocycles. The molecule has 0 bridgehead atoms. The van der Waals surface area contributed by atoms with Gasteiger partial charge < -0.3 is 4.90 Å². The fraction of sp³-hybridized carbons (Fsp3) is 0.381. The first-order chi connectivity index (χ1) is 12.6. The molecular formula is C21H28N2O3S. The summed E-state index contributed by atoms with van der Waals surface area (Å²) in [5.41, 5.74) is 3.28. The number of sulfone groups is 1. The Labute approximate surface area is 162 Å². The van der Waals surface area contributed by atoms with Gasteiger partial charge in [0.25, 0.3) is 0 Å². The number of hydrogen-bond acceptors (Lipinski definition) is 4. The lowest BCUT2D eigenvalue weighted by Crippen LogP contribution is -2.37. The number of hydrogen-bond donors (Lipinski definition) is 0. The molecule has 1 unspecified atom stereocenters. The van der Waals surface area contributed by atoms with Crippen LogP contribution in [0.3, 0.4) is 0 Å². The van der Waals surface area contributed by atoms with Gasteiger partial charge in [0.1, 0.15) is 0 Å². The van der Waals surface area contributed by atoms with E-state index in [9.17, 15) is 13.2 Å². The van der Waals surface area contributed by atoms with Gasteiger partial charge >= 0.3 is 0 Å². The Morgan fingerprint density at radius 3 is 2.19 bits per heavy atom. The summed E-state index contributed by atoms with van der Waals surface area (Å²) >= 11 is 0. The Bertz CT molecular complexity index is 892. The quantitative estimate of drug-likeness (QED) is 0.732. The van der Waals surface area contributed by atoms with Crippen molar-refractivity contribution in [3.63, 3.8) is 0 Å². The number of carbonyl (C=O) groups is 1. The maximum atomic E-state index is 12.6. The molecule has 0 spiro atoms. The lowest BCUT2D eigenvalue weighted by Gasteiger charge is -2.27. The summed E-state index contributed by atoms with van der Waals surface area (Å²) in [5.74, 6) is 0.0420. The number of amides is 1. The molecule has 1 atom stereocenters. The average molecular weight is 389 g/mol. The Balaban J connectivity index is 1.99. The topological polar surface area (TPSA) is 57.7 Å². The zero-order valence-electron chi connectivity index (χ0n) is 16.6. The molecule has 2 aromatic carbocycles. The summed E-state index contributed by atoms with van der Waals surface area (Å²) in [7, 11) is 0.508. The Kier molecular flexibility index (Phi) is 6.78. The van der Waals surface area contributed by atoms with Gasteiger partial charge in [-0.05, 0) is 49.7 Å². The van der Waals surface area contributed by atoms with E-state index >= 15 is 0 Å². The summed E-state index contributed by atoms with van der Waals surface area (Å²) in [5, 5.41) is 0. The van der Waals surface area contributed by atoms with Crippen LogP contribution in [0.25, 0.3) is 0 Å². The minimum atomic E-state index is -3.20. The Morgan fingerprint density at radius 2 is 1.63 bits per heavy atom. The summed E-state index contributed by atoms with van der Waals surface area (Å²) in [6.45, 7) is 4.92. The summed E-state index contributed by atoms with van der Waals surface area (Å²) < 4.78 is 23.2.